The Morgan fingerprint density at radius 3 is 0.849 bits per heavy atom. The fraction of sp³-hybridized carbons (Fsp3) is 0.940. The van der Waals surface area contributed by atoms with Crippen LogP contribution in [0.3, 0.4) is 0 Å². The summed E-state index contributed by atoms with van der Waals surface area (Å²) in [7, 11) is 0. The first-order valence-electron chi connectivity index (χ1n) is 33.3. The Hall–Kier alpha value is -1.40. The molecular formula is C67H128O6. The Kier molecular flexibility index (Phi) is 54.2. The third kappa shape index (κ3) is 48.7. The highest BCUT2D eigenvalue weighted by molar-refractivity contribution is 5.80. The van der Waals surface area contributed by atoms with E-state index in [1.54, 1.807) is 0 Å². The number of rotatable bonds is 58. The molecule has 432 valence electrons. The van der Waals surface area contributed by atoms with Crippen LogP contribution in [0, 0.1) is 11.3 Å². The van der Waals surface area contributed by atoms with E-state index in [9.17, 15) is 19.8 Å². The smallest absolute Gasteiger partial charge is 0.309 e. The number of hydrogen-bond acceptors (Lipinski definition) is 6. The van der Waals surface area contributed by atoms with Gasteiger partial charge in [0.2, 0.25) is 0 Å². The van der Waals surface area contributed by atoms with Crippen LogP contribution in [0.4, 0.5) is 0 Å². The van der Waals surface area contributed by atoms with Crippen molar-refractivity contribution in [1.82, 2.24) is 0 Å². The highest BCUT2D eigenvalue weighted by Gasteiger charge is 2.36. The number of esters is 2. The molecule has 0 amide bonds. The van der Waals surface area contributed by atoms with Crippen LogP contribution in [0.15, 0.2) is 12.2 Å². The third-order valence-corrected chi connectivity index (χ3v) is 16.5. The molecule has 0 aliphatic carbocycles. The number of aliphatic hydroxyl groups excluding tert-OH is 2. The number of ether oxygens (including phenoxy) is 2. The number of carbonyl (C=O) groups is 2. The Labute approximate surface area is 455 Å². The first kappa shape index (κ1) is 69.6. The Morgan fingerprint density at radius 1 is 0.356 bits per heavy atom. The quantitative estimate of drug-likeness (QED) is 0.0358. The minimum Gasteiger partial charge on any atom is -0.465 e. The molecule has 1 aliphatic heterocycles. The van der Waals surface area contributed by atoms with Gasteiger partial charge < -0.3 is 19.7 Å². The van der Waals surface area contributed by atoms with E-state index >= 15 is 0 Å². The topological polar surface area (TPSA) is 93.1 Å². The van der Waals surface area contributed by atoms with Crippen LogP contribution in [-0.4, -0.2) is 48.6 Å². The van der Waals surface area contributed by atoms with E-state index < -0.39 is 36.5 Å². The summed E-state index contributed by atoms with van der Waals surface area (Å²) >= 11 is 0. The van der Waals surface area contributed by atoms with Crippen LogP contribution in [-0.2, 0) is 19.1 Å². The van der Waals surface area contributed by atoms with E-state index in [1.165, 1.54) is 327 Å². The lowest BCUT2D eigenvalue weighted by Crippen LogP contribution is -2.40. The van der Waals surface area contributed by atoms with E-state index in [4.69, 9.17) is 9.47 Å². The van der Waals surface area contributed by atoms with Gasteiger partial charge in [0.05, 0.1) is 31.0 Å². The molecule has 0 aromatic rings. The zero-order chi connectivity index (χ0) is 52.5. The summed E-state index contributed by atoms with van der Waals surface area (Å²) in [5.41, 5.74) is -1.12. The van der Waals surface area contributed by atoms with Crippen molar-refractivity contribution in [3.8, 4) is 0 Å². The lowest BCUT2D eigenvalue weighted by atomic mass is 9.92. The predicted molar refractivity (Wildman–Crippen MR) is 315 cm³/mol. The van der Waals surface area contributed by atoms with E-state index in [0.717, 1.165) is 19.3 Å². The number of carbonyl (C=O) groups excluding carboxylic acids is 2. The summed E-state index contributed by atoms with van der Waals surface area (Å²) < 4.78 is 10.6. The molecule has 0 bridgehead atoms. The molecule has 1 fully saturated rings. The molecule has 1 atom stereocenters. The lowest BCUT2D eigenvalue weighted by Gasteiger charge is -2.27. The van der Waals surface area contributed by atoms with E-state index in [2.05, 4.69) is 19.1 Å². The van der Waals surface area contributed by atoms with Crippen LogP contribution < -0.4 is 0 Å². The highest BCUT2D eigenvalue weighted by atomic mass is 16.6. The minimum atomic E-state index is -1.12. The summed E-state index contributed by atoms with van der Waals surface area (Å²) in [6, 6.07) is 0. The van der Waals surface area contributed by atoms with Crippen molar-refractivity contribution in [2.75, 3.05) is 26.4 Å². The van der Waals surface area contributed by atoms with Crippen LogP contribution in [0.2, 0.25) is 0 Å². The van der Waals surface area contributed by atoms with Crippen molar-refractivity contribution in [2.24, 2.45) is 11.3 Å². The molecule has 0 radical (unpaired) electrons. The summed E-state index contributed by atoms with van der Waals surface area (Å²) in [6.45, 7) is 1.21. The number of hydrogen-bond donors (Lipinski definition) is 2. The van der Waals surface area contributed by atoms with Gasteiger partial charge in [-0.2, -0.15) is 0 Å². The maximum absolute atomic E-state index is 12.5. The molecule has 73 heavy (non-hydrogen) atoms. The van der Waals surface area contributed by atoms with Gasteiger partial charge in [-0.25, -0.2) is 0 Å². The average Bonchev–Trinajstić information content (AvgIpc) is 3.46. The van der Waals surface area contributed by atoms with Gasteiger partial charge in [-0.15, -0.1) is 0 Å². The molecule has 1 unspecified atom stereocenters. The Bertz CT molecular complexity index is 1150. The van der Waals surface area contributed by atoms with Crippen molar-refractivity contribution >= 4 is 11.9 Å². The van der Waals surface area contributed by atoms with Gasteiger partial charge in [-0.1, -0.05) is 340 Å². The number of aliphatic hydroxyl groups is 2. The number of cyclic esters (lactones) is 2. The normalized spacial score (nSPS) is 15.2. The number of unbranched alkanes of at least 4 members (excludes halogenated alkanes) is 52. The molecule has 0 aromatic carbocycles. The molecule has 0 saturated carbocycles. The Morgan fingerprint density at radius 2 is 0.589 bits per heavy atom. The minimum absolute atomic E-state index is 0.00479. The largest absolute Gasteiger partial charge is 0.465 e. The lowest BCUT2D eigenvalue weighted by molar-refractivity contribution is -0.155. The number of allylic oxidation sites excluding steroid dienone is 2. The molecule has 1 aliphatic rings. The SMILES string of the molecule is CCCCCCCCCCCCCCCCCCCCCCCC/C=C/CCCCCCCCCCCCCCCCCCCCCCCCCCCCCCCCC1CC(=O)OCC(CO)(CO)COC1=O. The second-order valence-corrected chi connectivity index (χ2v) is 23.9. The molecular weight excluding hydrogens is 901 g/mol. The van der Waals surface area contributed by atoms with E-state index in [-0.39, 0.29) is 19.6 Å². The van der Waals surface area contributed by atoms with Gasteiger partial charge in [-0.05, 0) is 32.1 Å². The summed E-state index contributed by atoms with van der Waals surface area (Å²) in [6.07, 6.45) is 81.6. The first-order chi connectivity index (χ1) is 36.1. The van der Waals surface area contributed by atoms with Gasteiger partial charge in [0.25, 0.3) is 0 Å². The third-order valence-electron chi connectivity index (χ3n) is 16.5. The molecule has 1 saturated heterocycles. The van der Waals surface area contributed by atoms with Crippen molar-refractivity contribution in [2.45, 2.75) is 366 Å². The molecule has 0 aromatic heterocycles. The standard InChI is InChI=1S/C67H128O6/c1-2-3-4-5-6-7-8-9-10-11-12-13-14-15-16-17-18-19-20-21-22-23-24-25-26-27-28-29-30-31-32-33-34-35-36-37-38-39-40-41-42-43-44-45-46-47-48-49-50-51-52-53-54-55-56-57-58-64-59-65(70)72-62-67(60-68,61-69)63-73-66(64)71/h25-26,64,68-69H,2-24,27-63H2,1H3/b26-25+. The first-order valence-corrected chi connectivity index (χ1v) is 33.3. The van der Waals surface area contributed by atoms with Gasteiger partial charge in [0.1, 0.15) is 13.2 Å². The Balaban J connectivity index is 1.68. The highest BCUT2D eigenvalue weighted by Crippen LogP contribution is 2.25. The molecule has 1 rings (SSSR count). The average molecular weight is 1030 g/mol. The van der Waals surface area contributed by atoms with E-state index in [1.807, 2.05) is 0 Å². The van der Waals surface area contributed by atoms with Gasteiger partial charge in [0, 0.05) is 0 Å². The molecule has 1 heterocycles. The van der Waals surface area contributed by atoms with Crippen LogP contribution in [0.5, 0.6) is 0 Å². The fourth-order valence-electron chi connectivity index (χ4n) is 11.1. The fourth-order valence-corrected chi connectivity index (χ4v) is 11.1. The summed E-state index contributed by atoms with van der Waals surface area (Å²) in [4.78, 5) is 24.7. The second-order valence-electron chi connectivity index (χ2n) is 23.9. The van der Waals surface area contributed by atoms with Gasteiger partial charge in [0.15, 0.2) is 0 Å². The molecule has 0 spiro atoms. The summed E-state index contributed by atoms with van der Waals surface area (Å²) in [5.74, 6) is -1.40. The monoisotopic (exact) mass is 1030 g/mol. The second kappa shape index (κ2) is 56.8. The zero-order valence-electron chi connectivity index (χ0n) is 49.2. The maximum Gasteiger partial charge on any atom is 0.309 e. The predicted octanol–water partition coefficient (Wildman–Crippen LogP) is 21.1. The van der Waals surface area contributed by atoms with Crippen LogP contribution in [0.1, 0.15) is 366 Å². The van der Waals surface area contributed by atoms with Gasteiger partial charge >= 0.3 is 11.9 Å². The van der Waals surface area contributed by atoms with Crippen molar-refractivity contribution in [3.05, 3.63) is 12.2 Å². The van der Waals surface area contributed by atoms with Crippen molar-refractivity contribution in [3.63, 3.8) is 0 Å². The molecule has 6 heteroatoms. The molecule has 6 nitrogen and oxygen atoms in total. The molecule has 2 N–H and O–H groups in total. The zero-order valence-corrected chi connectivity index (χ0v) is 49.2. The van der Waals surface area contributed by atoms with Gasteiger partial charge in [-0.3, -0.25) is 9.59 Å². The van der Waals surface area contributed by atoms with E-state index in [0.29, 0.717) is 6.42 Å². The van der Waals surface area contributed by atoms with Crippen molar-refractivity contribution in [1.29, 1.82) is 0 Å². The van der Waals surface area contributed by atoms with Crippen molar-refractivity contribution < 1.29 is 29.3 Å². The van der Waals surface area contributed by atoms with Crippen LogP contribution in [0.25, 0.3) is 0 Å². The van der Waals surface area contributed by atoms with Crippen LogP contribution >= 0.6 is 0 Å². The summed E-state index contributed by atoms with van der Waals surface area (Å²) in [5, 5.41) is 19.2. The maximum atomic E-state index is 12.5.